The first-order valence-corrected chi connectivity index (χ1v) is 9.52. The van der Waals surface area contributed by atoms with Crippen molar-refractivity contribution in [2.24, 2.45) is 0 Å². The average Bonchev–Trinajstić information content (AvgIpc) is 2.55. The van der Waals surface area contributed by atoms with Crippen LogP contribution in [0.2, 0.25) is 0 Å². The summed E-state index contributed by atoms with van der Waals surface area (Å²) in [6, 6.07) is 10.5. The summed E-state index contributed by atoms with van der Waals surface area (Å²) in [6.45, 7) is 9.99. The Bertz CT molecular complexity index is 503. The first-order valence-electron chi connectivity index (χ1n) is 9.52. The van der Waals surface area contributed by atoms with E-state index in [2.05, 4.69) is 47.9 Å². The molecule has 0 radical (unpaired) electrons. The van der Waals surface area contributed by atoms with Crippen molar-refractivity contribution in [3.8, 4) is 0 Å². The minimum Gasteiger partial charge on any atom is -0.390 e. The molecule has 2 saturated heterocycles. The first kappa shape index (κ1) is 18.8. The lowest BCUT2D eigenvalue weighted by atomic mass is 10.1. The van der Waals surface area contributed by atoms with Crippen LogP contribution >= 0.6 is 0 Å². The van der Waals surface area contributed by atoms with Crippen LogP contribution in [0.15, 0.2) is 30.3 Å². The van der Waals surface area contributed by atoms with Crippen molar-refractivity contribution in [2.45, 2.75) is 44.7 Å². The van der Waals surface area contributed by atoms with Gasteiger partial charge in [-0.05, 0) is 25.8 Å². The third kappa shape index (κ3) is 6.04. The summed E-state index contributed by atoms with van der Waals surface area (Å²) in [5, 5.41) is 10.5. The van der Waals surface area contributed by atoms with Crippen LogP contribution in [0, 0.1) is 0 Å². The molecule has 4 unspecified atom stereocenters. The number of aliphatic hydroxyl groups excluding tert-OH is 1. The Balaban J connectivity index is 1.44. The van der Waals surface area contributed by atoms with Crippen LogP contribution in [0.4, 0.5) is 0 Å². The molecular formula is C20H32N2O3. The normalized spacial score (nSPS) is 30.3. The van der Waals surface area contributed by atoms with Crippen molar-refractivity contribution >= 4 is 0 Å². The van der Waals surface area contributed by atoms with E-state index in [0.29, 0.717) is 0 Å². The lowest BCUT2D eigenvalue weighted by molar-refractivity contribution is -0.0821. The molecule has 2 aliphatic rings. The Morgan fingerprint density at radius 2 is 1.72 bits per heavy atom. The van der Waals surface area contributed by atoms with Gasteiger partial charge in [-0.25, -0.2) is 0 Å². The second-order valence-corrected chi connectivity index (χ2v) is 7.57. The number of hydrogen-bond donors (Lipinski definition) is 1. The highest BCUT2D eigenvalue weighted by Crippen LogP contribution is 2.14. The molecule has 25 heavy (non-hydrogen) atoms. The van der Waals surface area contributed by atoms with Crippen LogP contribution < -0.4 is 0 Å². The number of benzene rings is 1. The summed E-state index contributed by atoms with van der Waals surface area (Å²) >= 11 is 0. The maximum atomic E-state index is 10.5. The second kappa shape index (κ2) is 9.10. The molecule has 2 aliphatic heterocycles. The van der Waals surface area contributed by atoms with E-state index in [9.17, 15) is 5.11 Å². The molecule has 5 heteroatoms. The van der Waals surface area contributed by atoms with Gasteiger partial charge in [0.2, 0.25) is 0 Å². The van der Waals surface area contributed by atoms with E-state index in [1.54, 1.807) is 0 Å². The van der Waals surface area contributed by atoms with Crippen LogP contribution in [-0.4, -0.2) is 85.2 Å². The third-order valence-electron chi connectivity index (χ3n) is 4.96. The lowest BCUT2D eigenvalue weighted by Gasteiger charge is -2.38. The van der Waals surface area contributed by atoms with E-state index in [1.807, 2.05) is 6.07 Å². The van der Waals surface area contributed by atoms with E-state index in [0.717, 1.165) is 52.3 Å². The van der Waals surface area contributed by atoms with Gasteiger partial charge in [0.15, 0.2) is 0 Å². The predicted molar refractivity (Wildman–Crippen MR) is 98.8 cm³/mol. The van der Waals surface area contributed by atoms with Gasteiger partial charge < -0.3 is 14.6 Å². The molecule has 5 nitrogen and oxygen atoms in total. The zero-order valence-corrected chi connectivity index (χ0v) is 15.5. The summed E-state index contributed by atoms with van der Waals surface area (Å²) in [7, 11) is 0. The Morgan fingerprint density at radius 3 is 2.44 bits per heavy atom. The SMILES string of the molecule is CC1CN(CC(O)CN2CCOC(Cc3ccccc3)C2)CC(C)O1. The standard InChI is InChI=1S/C20H32N2O3/c1-16-11-22(12-17(2)25-16)14-19(23)13-21-8-9-24-20(15-21)10-18-6-4-3-5-7-18/h3-7,16-17,19-20,23H,8-15H2,1-2H3. The highest BCUT2D eigenvalue weighted by molar-refractivity contribution is 5.15. The topological polar surface area (TPSA) is 45.2 Å². The summed E-state index contributed by atoms with van der Waals surface area (Å²) < 4.78 is 11.7. The van der Waals surface area contributed by atoms with Crippen molar-refractivity contribution < 1.29 is 14.6 Å². The molecule has 0 spiro atoms. The fraction of sp³-hybridized carbons (Fsp3) is 0.700. The molecule has 2 heterocycles. The van der Waals surface area contributed by atoms with Crippen molar-refractivity contribution in [1.82, 2.24) is 9.80 Å². The maximum absolute atomic E-state index is 10.5. The highest BCUT2D eigenvalue weighted by atomic mass is 16.5. The van der Waals surface area contributed by atoms with Crippen molar-refractivity contribution in [3.05, 3.63) is 35.9 Å². The smallest absolute Gasteiger partial charge is 0.0793 e. The first-order chi connectivity index (χ1) is 12.1. The zero-order valence-electron chi connectivity index (χ0n) is 15.5. The number of aliphatic hydroxyl groups is 1. The van der Waals surface area contributed by atoms with E-state index in [1.165, 1.54) is 5.56 Å². The number of morpholine rings is 2. The molecule has 0 bridgehead atoms. The summed E-state index contributed by atoms with van der Waals surface area (Å²) in [6.07, 6.45) is 1.32. The molecule has 1 N–H and O–H groups in total. The van der Waals surface area contributed by atoms with Crippen LogP contribution in [0.3, 0.4) is 0 Å². The van der Waals surface area contributed by atoms with Gasteiger partial charge in [-0.1, -0.05) is 30.3 Å². The van der Waals surface area contributed by atoms with Crippen LogP contribution in [0.1, 0.15) is 19.4 Å². The maximum Gasteiger partial charge on any atom is 0.0793 e. The van der Waals surface area contributed by atoms with E-state index in [4.69, 9.17) is 9.47 Å². The van der Waals surface area contributed by atoms with Gasteiger partial charge in [0.25, 0.3) is 0 Å². The Labute approximate surface area is 151 Å². The molecule has 0 amide bonds. The molecule has 140 valence electrons. The number of β-amino-alcohol motifs (C(OH)–C–C–N with tert-alkyl or cyclic N) is 1. The summed E-state index contributed by atoms with van der Waals surface area (Å²) in [4.78, 5) is 4.67. The fourth-order valence-corrected chi connectivity index (χ4v) is 4.03. The van der Waals surface area contributed by atoms with Gasteiger partial charge in [-0.15, -0.1) is 0 Å². The van der Waals surface area contributed by atoms with Crippen molar-refractivity contribution in [1.29, 1.82) is 0 Å². The number of hydrogen-bond acceptors (Lipinski definition) is 5. The Hall–Kier alpha value is -0.980. The van der Waals surface area contributed by atoms with Crippen molar-refractivity contribution in [2.75, 3.05) is 45.9 Å². The Kier molecular flexibility index (Phi) is 6.84. The molecule has 0 saturated carbocycles. The van der Waals surface area contributed by atoms with E-state index >= 15 is 0 Å². The minimum atomic E-state index is -0.326. The van der Waals surface area contributed by atoms with E-state index in [-0.39, 0.29) is 24.4 Å². The van der Waals surface area contributed by atoms with E-state index < -0.39 is 0 Å². The van der Waals surface area contributed by atoms with Gasteiger partial charge >= 0.3 is 0 Å². The monoisotopic (exact) mass is 348 g/mol. The molecule has 3 rings (SSSR count). The van der Waals surface area contributed by atoms with Crippen LogP contribution in [-0.2, 0) is 15.9 Å². The summed E-state index contributed by atoms with van der Waals surface area (Å²) in [5.74, 6) is 0. The van der Waals surface area contributed by atoms with Gasteiger partial charge in [-0.3, -0.25) is 9.80 Å². The van der Waals surface area contributed by atoms with Gasteiger partial charge in [-0.2, -0.15) is 0 Å². The van der Waals surface area contributed by atoms with Crippen molar-refractivity contribution in [3.63, 3.8) is 0 Å². The molecule has 1 aromatic carbocycles. The zero-order chi connectivity index (χ0) is 17.6. The molecule has 1 aromatic rings. The fourth-order valence-electron chi connectivity index (χ4n) is 4.03. The van der Waals surface area contributed by atoms with Gasteiger partial charge in [0.1, 0.15) is 0 Å². The molecule has 0 aliphatic carbocycles. The largest absolute Gasteiger partial charge is 0.390 e. The van der Waals surface area contributed by atoms with Crippen LogP contribution in [0.5, 0.6) is 0 Å². The van der Waals surface area contributed by atoms with Gasteiger partial charge in [0.05, 0.1) is 31.0 Å². The lowest BCUT2D eigenvalue weighted by Crippen LogP contribution is -2.51. The van der Waals surface area contributed by atoms with Crippen LogP contribution in [0.25, 0.3) is 0 Å². The average molecular weight is 348 g/mol. The molecule has 0 aromatic heterocycles. The second-order valence-electron chi connectivity index (χ2n) is 7.57. The highest BCUT2D eigenvalue weighted by Gasteiger charge is 2.26. The number of ether oxygens (including phenoxy) is 2. The predicted octanol–water partition coefficient (Wildman–Crippen LogP) is 1.40. The minimum absolute atomic E-state index is 0.215. The summed E-state index contributed by atoms with van der Waals surface area (Å²) in [5.41, 5.74) is 1.31. The number of rotatable bonds is 6. The Morgan fingerprint density at radius 1 is 1.04 bits per heavy atom. The quantitative estimate of drug-likeness (QED) is 0.842. The number of nitrogens with zero attached hydrogens (tertiary/aromatic N) is 2. The van der Waals surface area contributed by atoms with Gasteiger partial charge in [0, 0.05) is 39.3 Å². The molecular weight excluding hydrogens is 316 g/mol. The third-order valence-corrected chi connectivity index (χ3v) is 4.96. The molecule has 4 atom stereocenters. The molecule has 2 fully saturated rings.